The number of carbonyl (C=O) groups excluding carboxylic acids is 1. The van der Waals surface area contributed by atoms with Gasteiger partial charge in [-0.25, -0.2) is 0 Å². The number of benzene rings is 1. The summed E-state index contributed by atoms with van der Waals surface area (Å²) < 4.78 is 7.69. The van der Waals surface area contributed by atoms with E-state index in [9.17, 15) is 4.79 Å². The SMILES string of the molecule is Cc1cccc(C(C)C)c1NC(=O)CSc1nnc(N2CC(C)CC(C)C2)n1Cc1ccco1. The summed E-state index contributed by atoms with van der Waals surface area (Å²) in [5.41, 5.74) is 3.13. The lowest BCUT2D eigenvalue weighted by molar-refractivity contribution is -0.113. The molecule has 1 N–H and O–H groups in total. The number of amides is 1. The fourth-order valence-electron chi connectivity index (χ4n) is 4.79. The Labute approximate surface area is 206 Å². The van der Waals surface area contributed by atoms with E-state index in [1.54, 1.807) is 6.26 Å². The molecule has 2 unspecified atom stereocenters. The molecule has 7 nitrogen and oxygen atoms in total. The molecule has 0 saturated carbocycles. The molecule has 1 amide bonds. The van der Waals surface area contributed by atoms with Crippen LogP contribution in [0, 0.1) is 18.8 Å². The first-order chi connectivity index (χ1) is 16.3. The Balaban J connectivity index is 1.52. The van der Waals surface area contributed by atoms with Gasteiger partial charge in [0.25, 0.3) is 0 Å². The van der Waals surface area contributed by atoms with Crippen LogP contribution >= 0.6 is 11.8 Å². The monoisotopic (exact) mass is 481 g/mol. The number of hydrogen-bond acceptors (Lipinski definition) is 6. The molecule has 1 saturated heterocycles. The maximum Gasteiger partial charge on any atom is 0.234 e. The summed E-state index contributed by atoms with van der Waals surface area (Å²) in [7, 11) is 0. The number of thioether (sulfide) groups is 1. The molecular weight excluding hydrogens is 446 g/mol. The molecule has 4 rings (SSSR count). The Morgan fingerprint density at radius 2 is 1.94 bits per heavy atom. The van der Waals surface area contributed by atoms with E-state index in [1.165, 1.54) is 18.2 Å². The standard InChI is InChI=1S/C26H35N5O2S/c1-17(2)22-10-6-8-20(5)24(22)27-23(32)16-34-26-29-28-25(30-13-18(3)12-19(4)14-30)31(26)15-21-9-7-11-33-21/h6-11,17-19H,12-16H2,1-5H3,(H,27,32). The number of nitrogens with one attached hydrogen (secondary N) is 1. The predicted octanol–water partition coefficient (Wildman–Crippen LogP) is 5.56. The van der Waals surface area contributed by atoms with Crippen LogP contribution < -0.4 is 10.2 Å². The van der Waals surface area contributed by atoms with Gasteiger partial charge >= 0.3 is 0 Å². The summed E-state index contributed by atoms with van der Waals surface area (Å²) in [5.74, 6) is 3.43. The Bertz CT molecular complexity index is 1100. The van der Waals surface area contributed by atoms with Gasteiger partial charge in [-0.3, -0.25) is 9.36 Å². The van der Waals surface area contributed by atoms with Gasteiger partial charge in [-0.1, -0.05) is 57.7 Å². The van der Waals surface area contributed by atoms with Crippen molar-refractivity contribution >= 4 is 29.3 Å². The van der Waals surface area contributed by atoms with Crippen molar-refractivity contribution in [3.05, 3.63) is 53.5 Å². The third kappa shape index (κ3) is 5.66. The molecule has 3 aromatic rings. The van der Waals surface area contributed by atoms with Crippen molar-refractivity contribution in [2.75, 3.05) is 29.1 Å². The van der Waals surface area contributed by atoms with E-state index >= 15 is 0 Å². The van der Waals surface area contributed by atoms with E-state index in [-0.39, 0.29) is 11.7 Å². The maximum atomic E-state index is 12.9. The zero-order valence-electron chi connectivity index (χ0n) is 20.7. The number of carbonyl (C=O) groups is 1. The lowest BCUT2D eigenvalue weighted by Gasteiger charge is -2.35. The fraction of sp³-hybridized carbons (Fsp3) is 0.500. The molecule has 8 heteroatoms. The zero-order valence-corrected chi connectivity index (χ0v) is 21.6. The number of rotatable bonds is 8. The first-order valence-corrected chi connectivity index (χ1v) is 13.0. The van der Waals surface area contributed by atoms with E-state index in [1.807, 2.05) is 31.2 Å². The normalized spacial score (nSPS) is 18.5. The minimum absolute atomic E-state index is 0.0458. The molecule has 2 atom stereocenters. The van der Waals surface area contributed by atoms with E-state index in [0.29, 0.717) is 24.3 Å². The Morgan fingerprint density at radius 1 is 1.18 bits per heavy atom. The van der Waals surface area contributed by atoms with Crippen molar-refractivity contribution in [3.8, 4) is 0 Å². The summed E-state index contributed by atoms with van der Waals surface area (Å²) in [4.78, 5) is 15.2. The summed E-state index contributed by atoms with van der Waals surface area (Å²) in [6.07, 6.45) is 2.90. The fourth-order valence-corrected chi connectivity index (χ4v) is 5.53. The molecule has 1 fully saturated rings. The van der Waals surface area contributed by atoms with E-state index in [4.69, 9.17) is 4.42 Å². The largest absolute Gasteiger partial charge is 0.467 e. The van der Waals surface area contributed by atoms with E-state index < -0.39 is 0 Å². The molecular formula is C26H35N5O2S. The third-order valence-corrected chi connectivity index (χ3v) is 7.23. The highest BCUT2D eigenvalue weighted by Crippen LogP contribution is 2.30. The van der Waals surface area contributed by atoms with Gasteiger partial charge in [0.05, 0.1) is 18.6 Å². The van der Waals surface area contributed by atoms with Gasteiger partial charge in [0.1, 0.15) is 5.76 Å². The molecule has 0 radical (unpaired) electrons. The summed E-state index contributed by atoms with van der Waals surface area (Å²) in [6, 6.07) is 9.99. The quantitative estimate of drug-likeness (QED) is 0.424. The van der Waals surface area contributed by atoms with Crippen LogP contribution in [-0.4, -0.2) is 39.5 Å². The number of hydrogen-bond donors (Lipinski definition) is 1. The molecule has 2 aromatic heterocycles. The molecule has 0 aliphatic carbocycles. The van der Waals surface area contributed by atoms with Gasteiger partial charge < -0.3 is 14.6 Å². The van der Waals surface area contributed by atoms with Crippen LogP contribution in [0.2, 0.25) is 0 Å². The van der Waals surface area contributed by atoms with Crippen LogP contribution in [-0.2, 0) is 11.3 Å². The maximum absolute atomic E-state index is 12.9. The topological polar surface area (TPSA) is 76.2 Å². The van der Waals surface area contributed by atoms with Crippen molar-refractivity contribution in [3.63, 3.8) is 0 Å². The number of para-hydroxylation sites is 1. The van der Waals surface area contributed by atoms with Crippen LogP contribution in [0.25, 0.3) is 0 Å². The highest BCUT2D eigenvalue weighted by molar-refractivity contribution is 7.99. The van der Waals surface area contributed by atoms with Gasteiger partial charge in [-0.15, -0.1) is 10.2 Å². The average molecular weight is 482 g/mol. The molecule has 1 aliphatic heterocycles. The molecule has 1 aliphatic rings. The highest BCUT2D eigenvalue weighted by Gasteiger charge is 2.27. The number of nitrogens with zero attached hydrogens (tertiary/aromatic N) is 4. The first kappa shape index (κ1) is 24.4. The van der Waals surface area contributed by atoms with Crippen molar-refractivity contribution in [1.29, 1.82) is 0 Å². The molecule has 3 heterocycles. The Morgan fingerprint density at radius 3 is 2.62 bits per heavy atom. The second-order valence-electron chi connectivity index (χ2n) is 9.83. The number of piperidine rings is 1. The van der Waals surface area contributed by atoms with Crippen LogP contribution in [0.15, 0.2) is 46.2 Å². The van der Waals surface area contributed by atoms with Gasteiger partial charge in [-0.2, -0.15) is 0 Å². The van der Waals surface area contributed by atoms with Gasteiger partial charge in [0.2, 0.25) is 11.9 Å². The second kappa shape index (κ2) is 10.7. The summed E-state index contributed by atoms with van der Waals surface area (Å²) in [5, 5.41) is 12.9. The van der Waals surface area contributed by atoms with Crippen molar-refractivity contribution < 1.29 is 9.21 Å². The Kier molecular flexibility index (Phi) is 7.66. The van der Waals surface area contributed by atoms with Crippen LogP contribution in [0.4, 0.5) is 11.6 Å². The van der Waals surface area contributed by atoms with Crippen LogP contribution in [0.5, 0.6) is 0 Å². The number of anilines is 2. The molecule has 182 valence electrons. The van der Waals surface area contributed by atoms with Crippen LogP contribution in [0.1, 0.15) is 56.9 Å². The highest BCUT2D eigenvalue weighted by atomic mass is 32.2. The zero-order chi connectivity index (χ0) is 24.2. The van der Waals surface area contributed by atoms with Crippen molar-refractivity contribution in [1.82, 2.24) is 14.8 Å². The predicted molar refractivity (Wildman–Crippen MR) is 138 cm³/mol. The second-order valence-corrected chi connectivity index (χ2v) is 10.8. The molecule has 34 heavy (non-hydrogen) atoms. The van der Waals surface area contributed by atoms with Crippen molar-refractivity contribution in [2.45, 2.75) is 58.7 Å². The minimum Gasteiger partial charge on any atom is -0.467 e. The Hall–Kier alpha value is -2.74. The number of aromatic nitrogens is 3. The first-order valence-electron chi connectivity index (χ1n) is 12.0. The number of aryl methyl sites for hydroxylation is 1. The van der Waals surface area contributed by atoms with Crippen LogP contribution in [0.3, 0.4) is 0 Å². The minimum atomic E-state index is -0.0458. The lowest BCUT2D eigenvalue weighted by Crippen LogP contribution is -2.40. The van der Waals surface area contributed by atoms with Gasteiger partial charge in [0.15, 0.2) is 5.16 Å². The summed E-state index contributed by atoms with van der Waals surface area (Å²) >= 11 is 1.41. The van der Waals surface area contributed by atoms with E-state index in [0.717, 1.165) is 46.8 Å². The van der Waals surface area contributed by atoms with Gasteiger partial charge in [0, 0.05) is 18.8 Å². The number of furan rings is 1. The third-order valence-electron chi connectivity index (χ3n) is 6.27. The molecule has 1 aromatic carbocycles. The average Bonchev–Trinajstić information content (AvgIpc) is 3.43. The van der Waals surface area contributed by atoms with Crippen molar-refractivity contribution in [2.24, 2.45) is 11.8 Å². The van der Waals surface area contributed by atoms with E-state index in [2.05, 4.69) is 58.7 Å². The smallest absolute Gasteiger partial charge is 0.234 e. The van der Waals surface area contributed by atoms with Gasteiger partial charge in [-0.05, 0) is 54.4 Å². The molecule has 0 bridgehead atoms. The summed E-state index contributed by atoms with van der Waals surface area (Å²) in [6.45, 7) is 13.3. The lowest BCUT2D eigenvalue weighted by atomic mass is 9.92. The molecule has 0 spiro atoms.